The highest BCUT2D eigenvalue weighted by Crippen LogP contribution is 2.43. The minimum atomic E-state index is -0.725. The minimum absolute atomic E-state index is 0.346. The van der Waals surface area contributed by atoms with Crippen LogP contribution in [0, 0.1) is 5.41 Å². The van der Waals surface area contributed by atoms with Gasteiger partial charge in [0.05, 0.1) is 12.5 Å². The van der Waals surface area contributed by atoms with E-state index in [1.807, 2.05) is 6.07 Å². The molecule has 0 spiro atoms. The van der Waals surface area contributed by atoms with Crippen LogP contribution < -0.4 is 4.74 Å². The number of thioether (sulfide) groups is 1. The molecule has 0 saturated carbocycles. The van der Waals surface area contributed by atoms with Crippen molar-refractivity contribution in [3.05, 3.63) is 23.8 Å². The molecule has 0 fully saturated rings. The topological polar surface area (TPSA) is 46.5 Å². The molecule has 1 atom stereocenters. The summed E-state index contributed by atoms with van der Waals surface area (Å²) in [4.78, 5) is 12.4. The van der Waals surface area contributed by atoms with Gasteiger partial charge >= 0.3 is 5.97 Å². The molecule has 1 heterocycles. The summed E-state index contributed by atoms with van der Waals surface area (Å²) in [5.74, 6) is 0.143. The van der Waals surface area contributed by atoms with Gasteiger partial charge in [0.1, 0.15) is 5.75 Å². The van der Waals surface area contributed by atoms with Crippen LogP contribution in [-0.4, -0.2) is 23.4 Å². The lowest BCUT2D eigenvalue weighted by Gasteiger charge is -2.22. The third-order valence-electron chi connectivity index (χ3n) is 3.33. The average molecular weight is 266 g/mol. The second-order valence-electron chi connectivity index (χ2n) is 5.31. The quantitative estimate of drug-likeness (QED) is 0.909. The number of fused-ring (bicyclic) bond motifs is 1. The Hall–Kier alpha value is -1.16. The fourth-order valence-corrected chi connectivity index (χ4v) is 3.76. The molecule has 1 aromatic carbocycles. The zero-order valence-corrected chi connectivity index (χ0v) is 11.7. The lowest BCUT2D eigenvalue weighted by Crippen LogP contribution is -2.27. The van der Waals surface area contributed by atoms with E-state index in [2.05, 4.69) is 12.1 Å². The van der Waals surface area contributed by atoms with Crippen LogP contribution in [0.1, 0.15) is 25.8 Å². The summed E-state index contributed by atoms with van der Waals surface area (Å²) in [6.45, 7) is 3.58. The number of carbonyl (C=O) groups is 1. The van der Waals surface area contributed by atoms with E-state index in [-0.39, 0.29) is 0 Å². The van der Waals surface area contributed by atoms with Crippen molar-refractivity contribution in [3.63, 3.8) is 0 Å². The van der Waals surface area contributed by atoms with Gasteiger partial charge < -0.3 is 9.84 Å². The van der Waals surface area contributed by atoms with E-state index in [0.29, 0.717) is 11.7 Å². The summed E-state index contributed by atoms with van der Waals surface area (Å²) in [6.07, 6.45) is 1.61. The van der Waals surface area contributed by atoms with E-state index in [0.717, 1.165) is 12.2 Å². The Bertz CT molecular complexity index is 468. The van der Waals surface area contributed by atoms with Crippen LogP contribution in [0.25, 0.3) is 0 Å². The van der Waals surface area contributed by atoms with Gasteiger partial charge in [0.2, 0.25) is 0 Å². The van der Waals surface area contributed by atoms with Gasteiger partial charge in [-0.25, -0.2) is 0 Å². The lowest BCUT2D eigenvalue weighted by molar-refractivity contribution is -0.147. The molecular weight excluding hydrogens is 248 g/mol. The zero-order valence-electron chi connectivity index (χ0n) is 10.9. The first-order valence-electron chi connectivity index (χ1n) is 5.99. The van der Waals surface area contributed by atoms with Crippen LogP contribution in [0.5, 0.6) is 5.75 Å². The lowest BCUT2D eigenvalue weighted by atomic mass is 9.86. The number of carboxylic acid groups (broad SMARTS) is 1. The molecular formula is C14H18O3S. The first-order valence-corrected chi connectivity index (χ1v) is 6.87. The maximum atomic E-state index is 11.2. The van der Waals surface area contributed by atoms with Crippen molar-refractivity contribution in [3.8, 4) is 5.75 Å². The van der Waals surface area contributed by atoms with Gasteiger partial charge in [-0.15, -0.1) is 11.8 Å². The third kappa shape index (κ3) is 2.64. The van der Waals surface area contributed by atoms with Gasteiger partial charge in [-0.2, -0.15) is 0 Å². The van der Waals surface area contributed by atoms with Crippen LogP contribution in [0.3, 0.4) is 0 Å². The molecule has 4 heteroatoms. The van der Waals surface area contributed by atoms with Crippen molar-refractivity contribution in [2.45, 2.75) is 36.8 Å². The van der Waals surface area contributed by atoms with Crippen molar-refractivity contribution >= 4 is 17.7 Å². The van der Waals surface area contributed by atoms with E-state index < -0.39 is 11.4 Å². The van der Waals surface area contributed by atoms with Gasteiger partial charge in [-0.05, 0) is 50.5 Å². The molecule has 0 aromatic heterocycles. The van der Waals surface area contributed by atoms with Crippen molar-refractivity contribution in [1.29, 1.82) is 0 Å². The summed E-state index contributed by atoms with van der Waals surface area (Å²) in [7, 11) is 1.66. The Labute approximate surface area is 112 Å². The van der Waals surface area contributed by atoms with E-state index in [1.54, 1.807) is 32.7 Å². The number of methoxy groups -OCH3 is 1. The van der Waals surface area contributed by atoms with Crippen LogP contribution >= 0.6 is 11.8 Å². The molecule has 1 unspecified atom stereocenters. The standard InChI is InChI=1S/C14H18O3S/c1-14(2,13(15)16)8-11-7-9-6-10(17-3)4-5-12(9)18-11/h4-6,11H,7-8H2,1-3H3,(H,15,16). The van der Waals surface area contributed by atoms with E-state index in [4.69, 9.17) is 4.74 Å². The SMILES string of the molecule is COc1ccc2c(c1)CC(CC(C)(C)C(=O)O)S2. The average Bonchev–Trinajstić information content (AvgIpc) is 2.68. The molecule has 1 aliphatic rings. The molecule has 2 rings (SSSR count). The number of carboxylic acids is 1. The summed E-state index contributed by atoms with van der Waals surface area (Å²) < 4.78 is 5.21. The van der Waals surface area contributed by atoms with Gasteiger partial charge in [0.15, 0.2) is 0 Å². The molecule has 0 saturated heterocycles. The van der Waals surface area contributed by atoms with Gasteiger partial charge in [0.25, 0.3) is 0 Å². The normalized spacial score (nSPS) is 18.5. The molecule has 0 amide bonds. The summed E-state index contributed by atoms with van der Waals surface area (Å²) in [6, 6.07) is 6.07. The highest BCUT2D eigenvalue weighted by atomic mass is 32.2. The molecule has 0 bridgehead atoms. The molecule has 18 heavy (non-hydrogen) atoms. The maximum absolute atomic E-state index is 11.2. The fraction of sp³-hybridized carbons (Fsp3) is 0.500. The monoisotopic (exact) mass is 266 g/mol. The number of aliphatic carboxylic acids is 1. The van der Waals surface area contributed by atoms with Crippen molar-refractivity contribution in [2.24, 2.45) is 5.41 Å². The van der Waals surface area contributed by atoms with Crippen LogP contribution in [0.15, 0.2) is 23.1 Å². The first-order chi connectivity index (χ1) is 8.42. The summed E-state index contributed by atoms with van der Waals surface area (Å²) in [5.41, 5.74) is 0.606. The summed E-state index contributed by atoms with van der Waals surface area (Å²) in [5, 5.41) is 9.52. The van der Waals surface area contributed by atoms with Crippen LogP contribution in [0.4, 0.5) is 0 Å². The highest BCUT2D eigenvalue weighted by molar-refractivity contribution is 8.00. The molecule has 98 valence electrons. The molecule has 3 nitrogen and oxygen atoms in total. The Kier molecular flexibility index (Phi) is 3.57. The van der Waals surface area contributed by atoms with Crippen molar-refractivity contribution in [1.82, 2.24) is 0 Å². The number of hydrogen-bond acceptors (Lipinski definition) is 3. The molecule has 0 aliphatic carbocycles. The maximum Gasteiger partial charge on any atom is 0.309 e. The number of rotatable bonds is 4. The second-order valence-corrected chi connectivity index (χ2v) is 6.65. The first kappa shape index (κ1) is 13.3. The van der Waals surface area contributed by atoms with E-state index >= 15 is 0 Å². The van der Waals surface area contributed by atoms with Gasteiger partial charge in [0, 0.05) is 10.1 Å². The van der Waals surface area contributed by atoms with Crippen LogP contribution in [0.2, 0.25) is 0 Å². The number of ether oxygens (including phenoxy) is 1. The van der Waals surface area contributed by atoms with Crippen molar-refractivity contribution in [2.75, 3.05) is 7.11 Å². The minimum Gasteiger partial charge on any atom is -0.497 e. The predicted molar refractivity (Wildman–Crippen MR) is 72.4 cm³/mol. The van der Waals surface area contributed by atoms with Crippen LogP contribution in [-0.2, 0) is 11.2 Å². The fourth-order valence-electron chi connectivity index (χ4n) is 2.19. The molecule has 1 aromatic rings. The third-order valence-corrected chi connectivity index (χ3v) is 4.64. The van der Waals surface area contributed by atoms with E-state index in [1.165, 1.54) is 10.5 Å². The Morgan fingerprint density at radius 3 is 2.89 bits per heavy atom. The molecule has 0 radical (unpaired) electrons. The Morgan fingerprint density at radius 1 is 1.56 bits per heavy atom. The van der Waals surface area contributed by atoms with Crippen molar-refractivity contribution < 1.29 is 14.6 Å². The number of hydrogen-bond donors (Lipinski definition) is 1. The van der Waals surface area contributed by atoms with Gasteiger partial charge in [-0.3, -0.25) is 4.79 Å². The summed E-state index contributed by atoms with van der Waals surface area (Å²) >= 11 is 1.78. The van der Waals surface area contributed by atoms with E-state index in [9.17, 15) is 9.90 Å². The smallest absolute Gasteiger partial charge is 0.309 e. The Balaban J connectivity index is 2.08. The molecule has 1 aliphatic heterocycles. The van der Waals surface area contributed by atoms with Gasteiger partial charge in [-0.1, -0.05) is 0 Å². The highest BCUT2D eigenvalue weighted by Gasteiger charge is 2.34. The number of benzene rings is 1. The predicted octanol–water partition coefficient (Wildman–Crippen LogP) is 3.21. The largest absolute Gasteiger partial charge is 0.497 e. The second kappa shape index (κ2) is 4.84. The Morgan fingerprint density at radius 2 is 2.28 bits per heavy atom. The molecule has 1 N–H and O–H groups in total. The zero-order chi connectivity index (χ0) is 13.3.